The van der Waals surface area contributed by atoms with Gasteiger partial charge in [-0.05, 0) is 18.2 Å². The van der Waals surface area contributed by atoms with Gasteiger partial charge in [-0.25, -0.2) is 4.98 Å². The number of para-hydroxylation sites is 1. The van der Waals surface area contributed by atoms with Gasteiger partial charge in [0.1, 0.15) is 5.82 Å². The summed E-state index contributed by atoms with van der Waals surface area (Å²) in [5.74, 6) is 0.941. The number of hydrogen-bond acceptors (Lipinski definition) is 4. The third-order valence-corrected chi connectivity index (χ3v) is 3.28. The van der Waals surface area contributed by atoms with E-state index < -0.39 is 0 Å². The van der Waals surface area contributed by atoms with Crippen molar-refractivity contribution >= 4 is 16.7 Å². The Bertz CT molecular complexity index is 543. The molecule has 0 bridgehead atoms. The molecule has 3 rings (SSSR count). The summed E-state index contributed by atoms with van der Waals surface area (Å²) in [6.07, 6.45) is -0.333. The van der Waals surface area contributed by atoms with Crippen LogP contribution in [0.4, 0.5) is 5.82 Å². The molecule has 94 valence electrons. The van der Waals surface area contributed by atoms with Crippen molar-refractivity contribution < 1.29 is 5.11 Å². The van der Waals surface area contributed by atoms with Gasteiger partial charge in [0.2, 0.25) is 0 Å². The summed E-state index contributed by atoms with van der Waals surface area (Å²) in [6, 6.07) is 12.2. The van der Waals surface area contributed by atoms with Gasteiger partial charge in [0, 0.05) is 31.6 Å². The van der Waals surface area contributed by atoms with Crippen molar-refractivity contribution in [2.45, 2.75) is 6.10 Å². The van der Waals surface area contributed by atoms with E-state index in [1.807, 2.05) is 24.3 Å². The third-order valence-electron chi connectivity index (χ3n) is 3.28. The Morgan fingerprint density at radius 1 is 1.22 bits per heavy atom. The van der Waals surface area contributed by atoms with Gasteiger partial charge < -0.3 is 15.3 Å². The van der Waals surface area contributed by atoms with Gasteiger partial charge in [-0.3, -0.25) is 0 Å². The molecule has 1 saturated heterocycles. The lowest BCUT2D eigenvalue weighted by Crippen LogP contribution is -2.33. The third kappa shape index (κ3) is 2.30. The van der Waals surface area contributed by atoms with Crippen molar-refractivity contribution in [3.63, 3.8) is 0 Å². The lowest BCUT2D eigenvalue weighted by atomic mass is 10.2. The van der Waals surface area contributed by atoms with E-state index in [2.05, 4.69) is 27.3 Å². The van der Waals surface area contributed by atoms with Crippen LogP contribution in [0.3, 0.4) is 0 Å². The van der Waals surface area contributed by atoms with Crippen LogP contribution in [-0.2, 0) is 0 Å². The molecule has 1 aromatic carbocycles. The summed E-state index contributed by atoms with van der Waals surface area (Å²) in [4.78, 5) is 6.80. The van der Waals surface area contributed by atoms with Gasteiger partial charge in [0.25, 0.3) is 0 Å². The molecular weight excluding hydrogens is 226 g/mol. The number of rotatable bonds is 1. The lowest BCUT2D eigenvalue weighted by molar-refractivity contribution is 0.184. The van der Waals surface area contributed by atoms with Gasteiger partial charge in [-0.15, -0.1) is 0 Å². The summed E-state index contributed by atoms with van der Waals surface area (Å²) in [6.45, 7) is 3.05. The zero-order valence-corrected chi connectivity index (χ0v) is 10.2. The van der Waals surface area contributed by atoms with Crippen molar-refractivity contribution in [3.8, 4) is 0 Å². The van der Waals surface area contributed by atoms with E-state index in [4.69, 9.17) is 0 Å². The number of benzene rings is 1. The van der Waals surface area contributed by atoms with E-state index in [1.54, 1.807) is 0 Å². The van der Waals surface area contributed by atoms with Crippen molar-refractivity contribution in [2.24, 2.45) is 0 Å². The van der Waals surface area contributed by atoms with Gasteiger partial charge in [-0.2, -0.15) is 0 Å². The number of β-amino-alcohol motifs (C(OH)–C–C–N with tert-alkyl or cyclic N) is 1. The number of fused-ring (bicyclic) bond motifs is 1. The molecule has 1 aliphatic rings. The fourth-order valence-corrected chi connectivity index (χ4v) is 2.33. The van der Waals surface area contributed by atoms with E-state index >= 15 is 0 Å². The highest BCUT2D eigenvalue weighted by Crippen LogP contribution is 2.18. The summed E-state index contributed by atoms with van der Waals surface area (Å²) >= 11 is 0. The first kappa shape index (κ1) is 11.4. The fraction of sp³-hybridized carbons (Fsp3) is 0.357. The molecule has 0 radical (unpaired) electrons. The van der Waals surface area contributed by atoms with E-state index in [0.717, 1.165) is 29.8 Å². The molecule has 1 atom stereocenters. The van der Waals surface area contributed by atoms with Gasteiger partial charge in [0.05, 0.1) is 11.6 Å². The molecule has 1 fully saturated rings. The quantitative estimate of drug-likeness (QED) is 0.784. The molecule has 1 aromatic heterocycles. The van der Waals surface area contributed by atoms with Crippen LogP contribution in [0.25, 0.3) is 10.9 Å². The highest BCUT2D eigenvalue weighted by Gasteiger charge is 2.16. The highest BCUT2D eigenvalue weighted by molar-refractivity contribution is 5.80. The second kappa shape index (κ2) is 4.92. The van der Waals surface area contributed by atoms with Gasteiger partial charge in [-0.1, -0.05) is 18.2 Å². The van der Waals surface area contributed by atoms with Crippen LogP contribution in [0, 0.1) is 0 Å². The lowest BCUT2D eigenvalue weighted by Gasteiger charge is -2.23. The monoisotopic (exact) mass is 243 g/mol. The molecule has 2 aromatic rings. The summed E-state index contributed by atoms with van der Waals surface area (Å²) < 4.78 is 0. The number of aromatic nitrogens is 1. The molecule has 2 heterocycles. The molecule has 0 amide bonds. The molecule has 1 unspecified atom stereocenters. The second-order valence-electron chi connectivity index (χ2n) is 4.67. The molecule has 0 aliphatic carbocycles. The predicted molar refractivity (Wildman–Crippen MR) is 72.8 cm³/mol. The molecule has 1 aliphatic heterocycles. The highest BCUT2D eigenvalue weighted by atomic mass is 16.3. The Hall–Kier alpha value is -1.65. The normalized spacial score (nSPS) is 20.9. The maximum Gasteiger partial charge on any atom is 0.129 e. The number of aliphatic hydroxyl groups is 1. The Balaban J connectivity index is 1.92. The molecular formula is C14H17N3O. The van der Waals surface area contributed by atoms with Crippen LogP contribution in [0.5, 0.6) is 0 Å². The number of pyridine rings is 1. The number of aliphatic hydroxyl groups excluding tert-OH is 1. The summed E-state index contributed by atoms with van der Waals surface area (Å²) in [7, 11) is 0. The fourth-order valence-electron chi connectivity index (χ4n) is 2.33. The molecule has 2 N–H and O–H groups in total. The van der Waals surface area contributed by atoms with E-state index in [1.165, 1.54) is 0 Å². The predicted octanol–water partition coefficient (Wildman–Crippen LogP) is 1.01. The molecule has 0 spiro atoms. The SMILES string of the molecule is OC1CNCCN(c2ccc3ccccc3n2)C1. The van der Waals surface area contributed by atoms with E-state index in [-0.39, 0.29) is 6.10 Å². The topological polar surface area (TPSA) is 48.4 Å². The largest absolute Gasteiger partial charge is 0.390 e. The van der Waals surface area contributed by atoms with Gasteiger partial charge in [0.15, 0.2) is 0 Å². The maximum atomic E-state index is 9.80. The minimum atomic E-state index is -0.333. The number of anilines is 1. The Morgan fingerprint density at radius 3 is 3.06 bits per heavy atom. The Labute approximate surface area is 106 Å². The van der Waals surface area contributed by atoms with Crippen molar-refractivity contribution in [1.82, 2.24) is 10.3 Å². The zero-order chi connectivity index (χ0) is 12.4. The van der Waals surface area contributed by atoms with Gasteiger partial charge >= 0.3 is 0 Å². The Kier molecular flexibility index (Phi) is 3.13. The standard InChI is InChI=1S/C14H17N3O/c18-12-9-15-7-8-17(10-12)14-6-5-11-3-1-2-4-13(11)16-14/h1-6,12,15,18H,7-10H2. The average Bonchev–Trinajstić information content (AvgIpc) is 2.63. The van der Waals surface area contributed by atoms with Crippen LogP contribution in [0.1, 0.15) is 0 Å². The minimum Gasteiger partial charge on any atom is -0.390 e. The van der Waals surface area contributed by atoms with Crippen molar-refractivity contribution in [1.29, 1.82) is 0 Å². The number of nitrogens with one attached hydrogen (secondary N) is 1. The maximum absolute atomic E-state index is 9.80. The van der Waals surface area contributed by atoms with E-state index in [0.29, 0.717) is 13.1 Å². The van der Waals surface area contributed by atoms with Crippen molar-refractivity contribution in [3.05, 3.63) is 36.4 Å². The summed E-state index contributed by atoms with van der Waals surface area (Å²) in [5.41, 5.74) is 1.00. The first-order chi connectivity index (χ1) is 8.83. The summed E-state index contributed by atoms with van der Waals surface area (Å²) in [5, 5.41) is 14.2. The molecule has 0 saturated carbocycles. The molecule has 4 nitrogen and oxygen atoms in total. The zero-order valence-electron chi connectivity index (χ0n) is 10.2. The van der Waals surface area contributed by atoms with Crippen LogP contribution < -0.4 is 10.2 Å². The number of hydrogen-bond donors (Lipinski definition) is 2. The molecule has 18 heavy (non-hydrogen) atoms. The smallest absolute Gasteiger partial charge is 0.129 e. The van der Waals surface area contributed by atoms with Crippen LogP contribution >= 0.6 is 0 Å². The number of nitrogens with zero attached hydrogens (tertiary/aromatic N) is 2. The first-order valence-corrected chi connectivity index (χ1v) is 6.32. The van der Waals surface area contributed by atoms with Crippen LogP contribution in [0.2, 0.25) is 0 Å². The van der Waals surface area contributed by atoms with Crippen LogP contribution in [0.15, 0.2) is 36.4 Å². The Morgan fingerprint density at radius 2 is 2.11 bits per heavy atom. The average molecular weight is 243 g/mol. The first-order valence-electron chi connectivity index (χ1n) is 6.32. The van der Waals surface area contributed by atoms with Crippen molar-refractivity contribution in [2.75, 3.05) is 31.1 Å². The molecule has 4 heteroatoms. The van der Waals surface area contributed by atoms with Crippen LogP contribution in [-0.4, -0.2) is 42.4 Å². The second-order valence-corrected chi connectivity index (χ2v) is 4.67. The minimum absolute atomic E-state index is 0.333. The van der Waals surface area contributed by atoms with E-state index in [9.17, 15) is 5.11 Å².